The van der Waals surface area contributed by atoms with Crippen molar-refractivity contribution in [1.82, 2.24) is 4.98 Å². The fourth-order valence-corrected chi connectivity index (χ4v) is 5.03. The first-order chi connectivity index (χ1) is 15.4. The van der Waals surface area contributed by atoms with E-state index in [9.17, 15) is 14.4 Å². The Kier molecular flexibility index (Phi) is 6.92. The minimum atomic E-state index is -1.28. The Morgan fingerprint density at radius 1 is 1.16 bits per heavy atom. The second-order valence-electron chi connectivity index (χ2n) is 7.70. The molecule has 3 N–H and O–H groups in total. The monoisotopic (exact) mass is 478 g/mol. The average molecular weight is 479 g/mol. The molecule has 11 heteroatoms. The number of thiazole rings is 1. The third-order valence-corrected chi connectivity index (χ3v) is 6.80. The minimum Gasteiger partial charge on any atom is -0.476 e. The smallest absolute Gasteiger partial charge is 0.357 e. The Labute approximate surface area is 193 Å². The van der Waals surface area contributed by atoms with Gasteiger partial charge in [-0.15, -0.1) is 0 Å². The molecule has 0 spiro atoms. The number of carbonyl (C=O) groups is 3. The van der Waals surface area contributed by atoms with Crippen LogP contribution < -0.4 is 15.5 Å². The van der Waals surface area contributed by atoms with Crippen LogP contribution in [0.4, 0.5) is 21.3 Å². The summed E-state index contributed by atoms with van der Waals surface area (Å²) in [5, 5.41) is 14.3. The number of amides is 2. The highest BCUT2D eigenvalue weighted by atomic mass is 35.5. The van der Waals surface area contributed by atoms with Gasteiger partial charge in [0.1, 0.15) is 4.34 Å². The molecule has 0 bridgehead atoms. The van der Waals surface area contributed by atoms with Crippen molar-refractivity contribution in [2.24, 2.45) is 5.92 Å². The molecular weight excluding hydrogens is 456 g/mol. The molecule has 1 aromatic carbocycles. The number of ketones is 1. The Balaban J connectivity index is 1.55. The average Bonchev–Trinajstić information content (AvgIpc) is 3.44. The number of urea groups is 1. The summed E-state index contributed by atoms with van der Waals surface area (Å²) in [6, 6.07) is 4.80. The lowest BCUT2D eigenvalue weighted by Gasteiger charge is -2.29. The minimum absolute atomic E-state index is 0.0263. The predicted octanol–water partition coefficient (Wildman–Crippen LogP) is 4.35. The molecule has 4 rings (SSSR count). The second-order valence-corrected chi connectivity index (χ2v) is 9.30. The van der Waals surface area contributed by atoms with Gasteiger partial charge in [0.05, 0.1) is 18.9 Å². The largest absolute Gasteiger partial charge is 0.476 e. The van der Waals surface area contributed by atoms with E-state index in [1.54, 1.807) is 6.07 Å². The van der Waals surface area contributed by atoms with Gasteiger partial charge < -0.3 is 20.1 Å². The summed E-state index contributed by atoms with van der Waals surface area (Å²) >= 11 is 6.71. The standard InChI is InChI=1S/C21H23ClN4O5S/c22-18-16(19(28)29)24-21(32-18)25-20(30)23-15-6-5-13(26-7-9-31-10-8-26)11-14(15)17(27)12-3-1-2-4-12/h5-6,11-12H,1-4,7-10H2,(H,28,29)(H2,23,24,25,30). The zero-order chi connectivity index (χ0) is 22.7. The summed E-state index contributed by atoms with van der Waals surface area (Å²) in [5.41, 5.74) is 1.47. The Morgan fingerprint density at radius 2 is 1.88 bits per heavy atom. The van der Waals surface area contributed by atoms with E-state index < -0.39 is 12.0 Å². The van der Waals surface area contributed by atoms with Gasteiger partial charge >= 0.3 is 12.0 Å². The Bertz CT molecular complexity index is 1030. The molecule has 2 heterocycles. The number of hydrogen-bond acceptors (Lipinski definition) is 7. The maximum absolute atomic E-state index is 13.3. The number of ether oxygens (including phenoxy) is 1. The number of benzene rings is 1. The normalized spacial score (nSPS) is 16.7. The van der Waals surface area contributed by atoms with Crippen molar-refractivity contribution < 1.29 is 24.2 Å². The van der Waals surface area contributed by atoms with Crippen molar-refractivity contribution in [2.45, 2.75) is 25.7 Å². The molecule has 1 aromatic heterocycles. The number of carboxylic acids is 1. The third kappa shape index (κ3) is 5.03. The van der Waals surface area contributed by atoms with E-state index in [1.165, 1.54) is 0 Å². The molecule has 32 heavy (non-hydrogen) atoms. The molecule has 1 aliphatic carbocycles. The molecule has 9 nitrogen and oxygen atoms in total. The quantitative estimate of drug-likeness (QED) is 0.528. The summed E-state index contributed by atoms with van der Waals surface area (Å²) in [6.45, 7) is 2.73. The van der Waals surface area contributed by atoms with Crippen molar-refractivity contribution in [3.63, 3.8) is 0 Å². The molecule has 170 valence electrons. The molecule has 1 aliphatic heterocycles. The van der Waals surface area contributed by atoms with Crippen molar-refractivity contribution >= 4 is 57.2 Å². The lowest BCUT2D eigenvalue weighted by Crippen LogP contribution is -2.36. The molecule has 0 atom stereocenters. The number of carboxylic acid groups (broad SMARTS) is 1. The van der Waals surface area contributed by atoms with Gasteiger partial charge in [0.25, 0.3) is 0 Å². The van der Waals surface area contributed by atoms with E-state index in [4.69, 9.17) is 21.4 Å². The van der Waals surface area contributed by atoms with E-state index in [2.05, 4.69) is 20.5 Å². The molecule has 2 aromatic rings. The van der Waals surface area contributed by atoms with Gasteiger partial charge in [-0.3, -0.25) is 10.1 Å². The van der Waals surface area contributed by atoms with Crippen molar-refractivity contribution in [3.05, 3.63) is 33.8 Å². The first kappa shape index (κ1) is 22.5. The number of halogens is 1. The number of anilines is 3. The number of carbonyl (C=O) groups excluding carboxylic acids is 2. The predicted molar refractivity (Wildman–Crippen MR) is 122 cm³/mol. The SMILES string of the molecule is O=C(Nc1nc(C(=O)O)c(Cl)s1)Nc1ccc(N2CCOCC2)cc1C(=O)C1CCCC1. The topological polar surface area (TPSA) is 121 Å². The Morgan fingerprint density at radius 3 is 2.53 bits per heavy atom. The number of hydrogen-bond donors (Lipinski definition) is 3. The highest BCUT2D eigenvalue weighted by Crippen LogP contribution is 2.33. The highest BCUT2D eigenvalue weighted by molar-refractivity contribution is 7.20. The number of rotatable bonds is 6. The summed E-state index contributed by atoms with van der Waals surface area (Å²) in [7, 11) is 0. The molecule has 2 fully saturated rings. The summed E-state index contributed by atoms with van der Waals surface area (Å²) in [6.07, 6.45) is 3.75. The van der Waals surface area contributed by atoms with E-state index in [1.807, 2.05) is 12.1 Å². The first-order valence-corrected chi connectivity index (χ1v) is 11.6. The van der Waals surface area contributed by atoms with Crippen LogP contribution >= 0.6 is 22.9 Å². The van der Waals surface area contributed by atoms with Crippen LogP contribution in [0.25, 0.3) is 0 Å². The van der Waals surface area contributed by atoms with Gasteiger partial charge in [-0.2, -0.15) is 0 Å². The van der Waals surface area contributed by atoms with Crippen LogP contribution in [0.3, 0.4) is 0 Å². The van der Waals surface area contributed by atoms with Crippen molar-refractivity contribution in [3.8, 4) is 0 Å². The van der Waals surface area contributed by atoms with Crippen LogP contribution in [0.2, 0.25) is 4.34 Å². The zero-order valence-corrected chi connectivity index (χ0v) is 18.8. The lowest BCUT2D eigenvalue weighted by atomic mass is 9.94. The van der Waals surface area contributed by atoms with Gasteiger partial charge in [0, 0.05) is 30.3 Å². The molecule has 1 saturated carbocycles. The van der Waals surface area contributed by atoms with Crippen LogP contribution in [0, 0.1) is 5.92 Å². The molecule has 0 radical (unpaired) electrons. The van der Waals surface area contributed by atoms with Gasteiger partial charge in [0.15, 0.2) is 16.6 Å². The Hall–Kier alpha value is -2.69. The summed E-state index contributed by atoms with van der Waals surface area (Å²) in [4.78, 5) is 42.9. The van der Waals surface area contributed by atoms with Crippen LogP contribution in [0.5, 0.6) is 0 Å². The fourth-order valence-electron chi connectivity index (χ4n) is 4.01. The highest BCUT2D eigenvalue weighted by Gasteiger charge is 2.27. The molecule has 1 saturated heterocycles. The maximum Gasteiger partial charge on any atom is 0.357 e. The van der Waals surface area contributed by atoms with E-state index in [-0.39, 0.29) is 26.9 Å². The zero-order valence-electron chi connectivity index (χ0n) is 17.2. The van der Waals surface area contributed by atoms with Crippen molar-refractivity contribution in [2.75, 3.05) is 41.8 Å². The van der Waals surface area contributed by atoms with Crippen LogP contribution in [0.1, 0.15) is 46.5 Å². The summed E-state index contributed by atoms with van der Waals surface area (Å²) < 4.78 is 5.39. The number of aromatic carboxylic acids is 1. The van der Waals surface area contributed by atoms with Gasteiger partial charge in [-0.05, 0) is 31.0 Å². The van der Waals surface area contributed by atoms with Crippen LogP contribution in [-0.4, -0.2) is 54.2 Å². The van der Waals surface area contributed by atoms with E-state index >= 15 is 0 Å². The van der Waals surface area contributed by atoms with E-state index in [0.717, 1.165) is 55.8 Å². The van der Waals surface area contributed by atoms with E-state index in [0.29, 0.717) is 24.5 Å². The molecule has 2 amide bonds. The first-order valence-electron chi connectivity index (χ1n) is 10.4. The number of aromatic nitrogens is 1. The van der Waals surface area contributed by atoms with Crippen LogP contribution in [-0.2, 0) is 4.74 Å². The molecule has 2 aliphatic rings. The molecule has 0 unspecified atom stereocenters. The van der Waals surface area contributed by atoms with Gasteiger partial charge in [-0.1, -0.05) is 35.8 Å². The number of nitrogens with zero attached hydrogens (tertiary/aromatic N) is 2. The van der Waals surface area contributed by atoms with Crippen molar-refractivity contribution in [1.29, 1.82) is 0 Å². The third-order valence-electron chi connectivity index (χ3n) is 5.63. The summed E-state index contributed by atoms with van der Waals surface area (Å²) in [5.74, 6) is -1.30. The maximum atomic E-state index is 13.3. The number of nitrogens with one attached hydrogen (secondary N) is 2. The van der Waals surface area contributed by atoms with Gasteiger partial charge in [0.2, 0.25) is 0 Å². The van der Waals surface area contributed by atoms with Crippen LogP contribution in [0.15, 0.2) is 18.2 Å². The molecular formula is C21H23ClN4O5S. The number of Topliss-reactive ketones (excluding diaryl/α,β-unsaturated/α-hetero) is 1. The van der Waals surface area contributed by atoms with Gasteiger partial charge in [-0.25, -0.2) is 14.6 Å². The number of morpholine rings is 1. The fraction of sp³-hybridized carbons (Fsp3) is 0.429. The lowest BCUT2D eigenvalue weighted by molar-refractivity contribution is 0.0691. The second kappa shape index (κ2) is 9.85.